The van der Waals surface area contributed by atoms with Crippen molar-refractivity contribution in [1.29, 1.82) is 0 Å². The molecule has 19 rings (SSSR count). The summed E-state index contributed by atoms with van der Waals surface area (Å²) in [5, 5.41) is 9.96. The van der Waals surface area contributed by atoms with Gasteiger partial charge in [0.25, 0.3) is 0 Å². The SMILES string of the molecule is c1ccc(-c2c(-c3ccccc3)c(-c3ccccc3)c3c(c2-c2ccccc2)-c2cccc4c(-c5c6ccccc6c(-c6ccc7c8c(cccc68)-c6c(-c8ccccc8)c(-c8ccccc8)c(-c8ccccc8)c(-c8ccccc8)c6-7)c6ccccc56)ccc-3c24)cc1. The standard InChI is InChI=1S/C94H58/c1-9-31-59(32-10-1)79-81(61-35-13-3-14-36-61)85(65-43-21-7-22-44-65)93-77-57-55-73(71-51-29-53-75(89(71)77)91(93)83(79)63-39-17-5-18-40-63)87-67-47-25-27-49-69(67)88(70-50-28-26-48-68(70)87)74-56-58-78-90-72(74)52-30-54-76(90)92-84(64-41-19-6-20-42-64)80(60-33-11-2-12-34-60)82(62-37-15-4-16-38-62)86(94(78)92)66-45-23-8-24-46-66/h1-58H. The number of benzene rings is 17. The Morgan fingerprint density at radius 2 is 0.266 bits per heavy atom. The Balaban J connectivity index is 0.884. The minimum absolute atomic E-state index is 1.19. The van der Waals surface area contributed by atoms with Crippen molar-refractivity contribution in [2.75, 3.05) is 0 Å². The molecule has 2 aliphatic rings. The lowest BCUT2D eigenvalue weighted by molar-refractivity contribution is 1.54. The van der Waals surface area contributed by atoms with Gasteiger partial charge in [0.2, 0.25) is 0 Å². The number of rotatable bonds is 10. The highest BCUT2D eigenvalue weighted by Gasteiger charge is 2.37. The van der Waals surface area contributed by atoms with Crippen molar-refractivity contribution in [2.45, 2.75) is 0 Å². The molecule has 0 bridgehead atoms. The van der Waals surface area contributed by atoms with Crippen LogP contribution in [0.1, 0.15) is 0 Å². The van der Waals surface area contributed by atoms with E-state index in [0.717, 1.165) is 0 Å². The van der Waals surface area contributed by atoms with Gasteiger partial charge < -0.3 is 0 Å². The molecule has 0 heterocycles. The molecule has 0 heteroatoms. The van der Waals surface area contributed by atoms with Crippen LogP contribution in [0.25, 0.3) is 199 Å². The molecule has 0 radical (unpaired) electrons. The monoisotopic (exact) mass is 1190 g/mol. The van der Waals surface area contributed by atoms with E-state index in [4.69, 9.17) is 0 Å². The minimum Gasteiger partial charge on any atom is -0.0622 e. The normalized spacial score (nSPS) is 11.8. The van der Waals surface area contributed by atoms with E-state index in [1.807, 2.05) is 0 Å². The molecule has 0 N–H and O–H groups in total. The third kappa shape index (κ3) is 8.06. The molecular weight excluding hydrogens is 1130 g/mol. The number of hydrogen-bond acceptors (Lipinski definition) is 0. The highest BCUT2D eigenvalue weighted by Crippen LogP contribution is 2.64. The molecule has 17 aromatic rings. The van der Waals surface area contributed by atoms with Crippen molar-refractivity contribution in [2.24, 2.45) is 0 Å². The first kappa shape index (κ1) is 53.6. The molecule has 0 aromatic heterocycles. The van der Waals surface area contributed by atoms with Crippen LogP contribution in [0.2, 0.25) is 0 Å². The van der Waals surface area contributed by atoms with E-state index in [2.05, 4.69) is 352 Å². The molecule has 0 aliphatic heterocycles. The number of fused-ring (bicyclic) bond motifs is 8. The Kier molecular flexibility index (Phi) is 12.4. The van der Waals surface area contributed by atoms with E-state index in [9.17, 15) is 0 Å². The van der Waals surface area contributed by atoms with Crippen LogP contribution in [0.3, 0.4) is 0 Å². The Morgan fingerprint density at radius 3 is 0.489 bits per heavy atom. The summed E-state index contributed by atoms with van der Waals surface area (Å²) >= 11 is 0. The number of hydrogen-bond donors (Lipinski definition) is 0. The lowest BCUT2D eigenvalue weighted by Crippen LogP contribution is -1.99. The maximum Gasteiger partial charge on any atom is -0.000718 e. The van der Waals surface area contributed by atoms with Gasteiger partial charge in [-0.15, -0.1) is 0 Å². The van der Waals surface area contributed by atoms with Crippen molar-refractivity contribution in [3.8, 4) is 156 Å². The highest BCUT2D eigenvalue weighted by atomic mass is 14.4. The maximum atomic E-state index is 2.46. The summed E-state index contributed by atoms with van der Waals surface area (Å²) in [7, 11) is 0. The summed E-state index contributed by atoms with van der Waals surface area (Å²) < 4.78 is 0. The third-order valence-corrected chi connectivity index (χ3v) is 20.1. The second kappa shape index (κ2) is 21.7. The molecule has 94 heavy (non-hydrogen) atoms. The summed E-state index contributed by atoms with van der Waals surface area (Å²) in [5.74, 6) is 0. The minimum atomic E-state index is 1.19. The zero-order chi connectivity index (χ0) is 61.8. The molecular formula is C94H58. The summed E-state index contributed by atoms with van der Waals surface area (Å²) in [5.41, 5.74) is 34.6. The Morgan fingerprint density at radius 1 is 0.0957 bits per heavy atom. The molecule has 0 nitrogen and oxygen atoms in total. The van der Waals surface area contributed by atoms with Crippen LogP contribution >= 0.6 is 0 Å². The maximum absolute atomic E-state index is 2.46. The van der Waals surface area contributed by atoms with E-state index in [1.54, 1.807) is 0 Å². The molecule has 2 aliphatic carbocycles. The predicted molar refractivity (Wildman–Crippen MR) is 400 cm³/mol. The van der Waals surface area contributed by atoms with Crippen LogP contribution in [0.15, 0.2) is 352 Å². The van der Waals surface area contributed by atoms with Crippen LogP contribution in [0, 0.1) is 0 Å². The van der Waals surface area contributed by atoms with Crippen molar-refractivity contribution in [3.63, 3.8) is 0 Å². The summed E-state index contributed by atoms with van der Waals surface area (Å²) in [6.07, 6.45) is 0. The van der Waals surface area contributed by atoms with Gasteiger partial charge in [-0.1, -0.05) is 352 Å². The Bertz CT molecular complexity index is 5220. The third-order valence-electron chi connectivity index (χ3n) is 20.1. The van der Waals surface area contributed by atoms with Crippen LogP contribution in [0.5, 0.6) is 0 Å². The molecule has 17 aromatic carbocycles. The summed E-state index contributed by atoms with van der Waals surface area (Å²) in [6, 6.07) is 131. The molecule has 0 fully saturated rings. The predicted octanol–water partition coefficient (Wildman–Crippen LogP) is 26.3. The van der Waals surface area contributed by atoms with E-state index in [-0.39, 0.29) is 0 Å². The van der Waals surface area contributed by atoms with Crippen molar-refractivity contribution in [3.05, 3.63) is 352 Å². The van der Waals surface area contributed by atoms with Crippen molar-refractivity contribution in [1.82, 2.24) is 0 Å². The average Bonchev–Trinajstić information content (AvgIpc) is 1.51. The van der Waals surface area contributed by atoms with E-state index in [0.29, 0.717) is 0 Å². The topological polar surface area (TPSA) is 0 Å². The van der Waals surface area contributed by atoms with Gasteiger partial charge in [-0.3, -0.25) is 0 Å². The van der Waals surface area contributed by atoms with Gasteiger partial charge in [0, 0.05) is 0 Å². The van der Waals surface area contributed by atoms with Gasteiger partial charge in [-0.25, -0.2) is 0 Å². The molecule has 0 saturated heterocycles. The fraction of sp³-hybridized carbons (Fsp3) is 0. The summed E-state index contributed by atoms with van der Waals surface area (Å²) in [6.45, 7) is 0. The van der Waals surface area contributed by atoms with E-state index in [1.165, 1.54) is 199 Å². The lowest BCUT2D eigenvalue weighted by atomic mass is 9.76. The second-order valence-corrected chi connectivity index (χ2v) is 25.0. The van der Waals surface area contributed by atoms with Gasteiger partial charge in [0.05, 0.1) is 0 Å². The molecule has 434 valence electrons. The zero-order valence-electron chi connectivity index (χ0n) is 51.5. The molecule has 0 saturated carbocycles. The van der Waals surface area contributed by atoms with E-state index < -0.39 is 0 Å². The lowest BCUT2D eigenvalue weighted by Gasteiger charge is -2.26. The van der Waals surface area contributed by atoms with Crippen molar-refractivity contribution >= 4 is 43.1 Å². The van der Waals surface area contributed by atoms with Crippen molar-refractivity contribution < 1.29 is 0 Å². The van der Waals surface area contributed by atoms with Crippen LogP contribution in [0.4, 0.5) is 0 Å². The second-order valence-electron chi connectivity index (χ2n) is 25.0. The van der Waals surface area contributed by atoms with Crippen LogP contribution < -0.4 is 0 Å². The summed E-state index contributed by atoms with van der Waals surface area (Å²) in [4.78, 5) is 0. The molecule has 0 amide bonds. The molecule has 0 atom stereocenters. The highest BCUT2D eigenvalue weighted by molar-refractivity contribution is 6.33. The quantitative estimate of drug-likeness (QED) is 0.120. The average molecular weight is 1190 g/mol. The first-order valence-corrected chi connectivity index (χ1v) is 32.7. The van der Waals surface area contributed by atoms with Gasteiger partial charge in [-0.2, -0.15) is 0 Å². The Hall–Kier alpha value is -12.2. The van der Waals surface area contributed by atoms with Gasteiger partial charge in [-0.05, 0) is 199 Å². The van der Waals surface area contributed by atoms with E-state index >= 15 is 0 Å². The fourth-order valence-electron chi connectivity index (χ4n) is 16.5. The first-order chi connectivity index (χ1) is 46.8. The van der Waals surface area contributed by atoms with Gasteiger partial charge >= 0.3 is 0 Å². The Labute approximate surface area is 547 Å². The first-order valence-electron chi connectivity index (χ1n) is 32.7. The molecule has 0 unspecified atom stereocenters. The fourth-order valence-corrected chi connectivity index (χ4v) is 16.5. The van der Waals surface area contributed by atoms with Gasteiger partial charge in [0.15, 0.2) is 0 Å². The van der Waals surface area contributed by atoms with Crippen LogP contribution in [-0.2, 0) is 0 Å². The van der Waals surface area contributed by atoms with Crippen LogP contribution in [-0.4, -0.2) is 0 Å². The molecule has 0 spiro atoms. The zero-order valence-corrected chi connectivity index (χ0v) is 51.5. The van der Waals surface area contributed by atoms with Gasteiger partial charge in [0.1, 0.15) is 0 Å². The largest absolute Gasteiger partial charge is 0.0622 e. The smallest absolute Gasteiger partial charge is 0.000718 e.